The topological polar surface area (TPSA) is 121 Å². The van der Waals surface area contributed by atoms with Crippen LogP contribution in [0.1, 0.15) is 34.6 Å². The average molecular weight is 252 g/mol. The van der Waals surface area contributed by atoms with Crippen molar-refractivity contribution in [2.24, 2.45) is 0 Å². The fourth-order valence-electron chi connectivity index (χ4n) is 1.59. The van der Waals surface area contributed by atoms with E-state index in [1.54, 1.807) is 0 Å². The van der Waals surface area contributed by atoms with E-state index in [1.807, 2.05) is 0 Å². The molecule has 0 aromatic heterocycles. The molecule has 6 N–H and O–H groups in total. The normalized spacial score (nSPS) is 25.6. The zero-order valence-electron chi connectivity index (χ0n) is 11.0. The molecular weight excluding hydrogens is 228 g/mol. The first-order valence-electron chi connectivity index (χ1n) is 5.42. The second-order valence-corrected chi connectivity index (χ2v) is 5.55. The first-order chi connectivity index (χ1) is 7.23. The molecule has 0 fully saturated rings. The zero-order valence-corrected chi connectivity index (χ0v) is 11.0. The van der Waals surface area contributed by atoms with E-state index in [4.69, 9.17) is 5.11 Å². The van der Waals surface area contributed by atoms with Crippen LogP contribution in [-0.4, -0.2) is 65.8 Å². The van der Waals surface area contributed by atoms with E-state index in [1.165, 1.54) is 13.8 Å². The maximum Gasteiger partial charge on any atom is 0.124 e. The van der Waals surface area contributed by atoms with Crippen LogP contribution < -0.4 is 0 Å². The third-order valence-electron chi connectivity index (χ3n) is 3.95. The minimum atomic E-state index is -2.25. The van der Waals surface area contributed by atoms with Gasteiger partial charge in [-0.3, -0.25) is 0 Å². The molecule has 0 bridgehead atoms. The Kier molecular flexibility index (Phi) is 4.39. The number of hydrogen-bond acceptors (Lipinski definition) is 6. The van der Waals surface area contributed by atoms with Crippen LogP contribution in [0.25, 0.3) is 0 Å². The van der Waals surface area contributed by atoms with Crippen LogP contribution in [0.3, 0.4) is 0 Å². The molecule has 0 saturated carbocycles. The lowest BCUT2D eigenvalue weighted by atomic mass is 9.65. The Labute approximate surface area is 101 Å². The summed E-state index contributed by atoms with van der Waals surface area (Å²) < 4.78 is 0. The van der Waals surface area contributed by atoms with E-state index in [-0.39, 0.29) is 0 Å². The summed E-state index contributed by atoms with van der Waals surface area (Å²) in [7, 11) is 0. The molecule has 0 rings (SSSR count). The van der Waals surface area contributed by atoms with Gasteiger partial charge in [0.05, 0.1) is 12.2 Å². The Morgan fingerprint density at radius 3 is 1.41 bits per heavy atom. The molecule has 0 radical (unpaired) electrons. The predicted octanol–water partition coefficient (Wildman–Crippen LogP) is -1.64. The van der Waals surface area contributed by atoms with Gasteiger partial charge >= 0.3 is 0 Å². The van der Waals surface area contributed by atoms with Gasteiger partial charge in [-0.05, 0) is 34.6 Å². The lowest BCUT2D eigenvalue weighted by Crippen LogP contribution is -2.74. The maximum absolute atomic E-state index is 10.3. The average Bonchev–Trinajstić information content (AvgIpc) is 2.13. The largest absolute Gasteiger partial charge is 0.394 e. The molecule has 0 aromatic rings. The minimum absolute atomic E-state index is 0.787. The first kappa shape index (κ1) is 16.8. The summed E-state index contributed by atoms with van der Waals surface area (Å²) in [6.07, 6.45) is -1.66. The van der Waals surface area contributed by atoms with Crippen molar-refractivity contribution in [3.8, 4) is 0 Å². The summed E-state index contributed by atoms with van der Waals surface area (Å²) in [5, 5.41) is 58.7. The summed E-state index contributed by atoms with van der Waals surface area (Å²) in [6.45, 7) is 5.06. The van der Waals surface area contributed by atoms with Crippen molar-refractivity contribution in [3.05, 3.63) is 0 Å². The zero-order chi connectivity index (χ0) is 14.3. The molecule has 0 aliphatic rings. The highest BCUT2D eigenvalue weighted by atomic mass is 16.4. The molecule has 6 heteroatoms. The highest BCUT2D eigenvalue weighted by molar-refractivity contribution is 5.13. The summed E-state index contributed by atoms with van der Waals surface area (Å²) >= 11 is 0. The van der Waals surface area contributed by atoms with Gasteiger partial charge in [0.25, 0.3) is 0 Å². The van der Waals surface area contributed by atoms with Crippen molar-refractivity contribution in [2.75, 3.05) is 6.61 Å². The van der Waals surface area contributed by atoms with Crippen molar-refractivity contribution >= 4 is 0 Å². The van der Waals surface area contributed by atoms with Crippen LogP contribution in [-0.2, 0) is 0 Å². The van der Waals surface area contributed by atoms with Gasteiger partial charge in [-0.2, -0.15) is 0 Å². The van der Waals surface area contributed by atoms with Crippen molar-refractivity contribution < 1.29 is 30.6 Å². The fourth-order valence-corrected chi connectivity index (χ4v) is 1.59. The van der Waals surface area contributed by atoms with Crippen LogP contribution in [0, 0.1) is 0 Å². The summed E-state index contributed by atoms with van der Waals surface area (Å²) in [5.41, 5.74) is -8.29. The minimum Gasteiger partial charge on any atom is -0.394 e. The van der Waals surface area contributed by atoms with Crippen LogP contribution in [0.4, 0.5) is 0 Å². The number of hydrogen-bond donors (Lipinski definition) is 6. The Balaban J connectivity index is 5.55. The van der Waals surface area contributed by atoms with Crippen LogP contribution in [0.2, 0.25) is 0 Å². The van der Waals surface area contributed by atoms with Crippen molar-refractivity contribution in [1.82, 2.24) is 0 Å². The first-order valence-corrected chi connectivity index (χ1v) is 5.42. The molecule has 0 spiro atoms. The van der Waals surface area contributed by atoms with Gasteiger partial charge in [0.1, 0.15) is 22.9 Å². The molecule has 0 aromatic carbocycles. The molecule has 0 aliphatic carbocycles. The van der Waals surface area contributed by atoms with Crippen LogP contribution >= 0.6 is 0 Å². The van der Waals surface area contributed by atoms with Gasteiger partial charge < -0.3 is 30.6 Å². The molecular formula is C11H24O6. The lowest BCUT2D eigenvalue weighted by Gasteiger charge is -2.53. The third-order valence-corrected chi connectivity index (χ3v) is 3.95. The van der Waals surface area contributed by atoms with Crippen molar-refractivity contribution in [2.45, 2.75) is 63.1 Å². The van der Waals surface area contributed by atoms with E-state index >= 15 is 0 Å². The Morgan fingerprint density at radius 1 is 0.824 bits per heavy atom. The summed E-state index contributed by atoms with van der Waals surface area (Å²) in [5.74, 6) is 0. The van der Waals surface area contributed by atoms with E-state index in [0.29, 0.717) is 0 Å². The lowest BCUT2D eigenvalue weighted by molar-refractivity contribution is -0.296. The Hall–Kier alpha value is -0.240. The van der Waals surface area contributed by atoms with Crippen LogP contribution in [0.5, 0.6) is 0 Å². The van der Waals surface area contributed by atoms with E-state index in [9.17, 15) is 25.5 Å². The highest BCUT2D eigenvalue weighted by Crippen LogP contribution is 2.40. The number of rotatable bonds is 5. The number of aliphatic hydroxyl groups is 6. The molecule has 0 amide bonds. The number of aliphatic hydroxyl groups excluding tert-OH is 2. The standard InChI is InChI=1S/C11H24O6/c1-8(2,14)10(4,16)11(5,17)9(3,15)7(13)6-12/h7,12-17H,6H2,1-5H3/t7-,9+,10+,11-/m0/s1. The quantitative estimate of drug-likeness (QED) is 0.349. The van der Waals surface area contributed by atoms with Gasteiger partial charge in [-0.25, -0.2) is 0 Å². The Morgan fingerprint density at radius 2 is 1.18 bits per heavy atom. The van der Waals surface area contributed by atoms with Gasteiger partial charge in [0.2, 0.25) is 0 Å². The van der Waals surface area contributed by atoms with Gasteiger partial charge in [0, 0.05) is 0 Å². The molecule has 104 valence electrons. The molecule has 17 heavy (non-hydrogen) atoms. The summed E-state index contributed by atoms with van der Waals surface area (Å²) in [4.78, 5) is 0. The smallest absolute Gasteiger partial charge is 0.124 e. The van der Waals surface area contributed by atoms with E-state index in [2.05, 4.69) is 0 Å². The molecule has 0 unspecified atom stereocenters. The molecule has 4 atom stereocenters. The van der Waals surface area contributed by atoms with E-state index in [0.717, 1.165) is 20.8 Å². The molecule has 0 aliphatic heterocycles. The molecule has 0 saturated heterocycles. The fraction of sp³-hybridized carbons (Fsp3) is 1.00. The van der Waals surface area contributed by atoms with E-state index < -0.39 is 35.1 Å². The van der Waals surface area contributed by atoms with Gasteiger partial charge in [-0.1, -0.05) is 0 Å². The maximum atomic E-state index is 10.3. The highest BCUT2D eigenvalue weighted by Gasteiger charge is 2.62. The molecule has 0 heterocycles. The summed E-state index contributed by atoms with van der Waals surface area (Å²) in [6, 6.07) is 0. The van der Waals surface area contributed by atoms with Crippen molar-refractivity contribution in [3.63, 3.8) is 0 Å². The van der Waals surface area contributed by atoms with Crippen molar-refractivity contribution in [1.29, 1.82) is 0 Å². The van der Waals surface area contributed by atoms with Gasteiger partial charge in [0.15, 0.2) is 0 Å². The van der Waals surface area contributed by atoms with Crippen LogP contribution in [0.15, 0.2) is 0 Å². The third kappa shape index (κ3) is 2.47. The predicted molar refractivity (Wildman–Crippen MR) is 61.3 cm³/mol. The molecule has 6 nitrogen and oxygen atoms in total. The van der Waals surface area contributed by atoms with Gasteiger partial charge in [-0.15, -0.1) is 0 Å². The second kappa shape index (κ2) is 4.46. The monoisotopic (exact) mass is 252 g/mol. The Bertz CT molecular complexity index is 264. The SMILES string of the molecule is CC(C)(O)[C@@](C)(O)[C@@](C)(O)[C@](C)(O)[C@@H](O)CO. The second-order valence-electron chi connectivity index (χ2n) is 5.55.